The Kier molecular flexibility index (Phi) is 12.9. The molecule has 1 aliphatic rings. The number of benzene rings is 3. The van der Waals surface area contributed by atoms with Crippen molar-refractivity contribution in [1.29, 1.82) is 5.26 Å². The molecule has 7 heteroatoms. The zero-order valence-corrected chi connectivity index (χ0v) is 26.6. The van der Waals surface area contributed by atoms with Gasteiger partial charge < -0.3 is 19.9 Å². The Morgan fingerprint density at radius 2 is 1.64 bits per heavy atom. The summed E-state index contributed by atoms with van der Waals surface area (Å²) in [6.45, 7) is 10.0. The molecule has 2 N–H and O–H groups in total. The van der Waals surface area contributed by atoms with E-state index < -0.39 is 0 Å². The summed E-state index contributed by atoms with van der Waals surface area (Å²) in [5.74, 6) is 0.513. The molecule has 0 aliphatic carbocycles. The first-order valence-corrected chi connectivity index (χ1v) is 15.4. The molecular weight excluding hydrogens is 548 g/mol. The standard InChI is InChI=1S/C23H24N4O.C9H10O.C5H10O/c1-2-3-16-4-9-19-13-22(18-7-5-17(14-24)6-8-18)27(23(28)21(19)12-16)11-10-20-15-25-26-20;1-7-3-5-9(6-4-7)8(2)10;1-3-4-5(2)6/h4-9,12,15,22,25-26H,2-3,10-11,13H2,1H3;3-6H,1-2H3;3-4H2,1-2H3. The number of H-pyrrole nitrogens is 2. The van der Waals surface area contributed by atoms with Crippen LogP contribution in [-0.4, -0.2) is 39.1 Å². The van der Waals surface area contributed by atoms with Gasteiger partial charge in [0.1, 0.15) is 5.78 Å². The number of Topliss-reactive ketones (excluding diaryl/α,β-unsaturated/α-hetero) is 2. The summed E-state index contributed by atoms with van der Waals surface area (Å²) >= 11 is 0. The third kappa shape index (κ3) is 9.67. The molecule has 1 amide bonds. The Morgan fingerprint density at radius 3 is 2.14 bits per heavy atom. The first-order chi connectivity index (χ1) is 21.2. The van der Waals surface area contributed by atoms with Crippen LogP contribution >= 0.6 is 0 Å². The summed E-state index contributed by atoms with van der Waals surface area (Å²) in [5.41, 5.74) is 7.95. The number of nitrogens with one attached hydrogen (secondary N) is 2. The van der Waals surface area contributed by atoms with E-state index in [0.29, 0.717) is 12.1 Å². The predicted molar refractivity (Wildman–Crippen MR) is 175 cm³/mol. The maximum absolute atomic E-state index is 13.4. The molecule has 1 aromatic heterocycles. The number of ketones is 2. The second-order valence-corrected chi connectivity index (χ2v) is 11.3. The van der Waals surface area contributed by atoms with E-state index in [0.717, 1.165) is 66.5 Å². The number of nitriles is 1. The number of hydrogen-bond donors (Lipinski definition) is 2. The van der Waals surface area contributed by atoms with Gasteiger partial charge in [0.25, 0.3) is 5.91 Å². The lowest BCUT2D eigenvalue weighted by Crippen LogP contribution is -2.41. The molecule has 0 radical (unpaired) electrons. The quantitative estimate of drug-likeness (QED) is 0.194. The fourth-order valence-corrected chi connectivity index (χ4v) is 5.08. The summed E-state index contributed by atoms with van der Waals surface area (Å²) in [6, 6.07) is 23.7. The van der Waals surface area contributed by atoms with Crippen LogP contribution in [0.3, 0.4) is 0 Å². The summed E-state index contributed by atoms with van der Waals surface area (Å²) in [4.78, 5) is 36.2. The van der Waals surface area contributed by atoms with Gasteiger partial charge in [-0.15, -0.1) is 0 Å². The van der Waals surface area contributed by atoms with Crippen molar-refractivity contribution in [1.82, 2.24) is 15.1 Å². The molecule has 0 spiro atoms. The van der Waals surface area contributed by atoms with E-state index >= 15 is 0 Å². The zero-order valence-electron chi connectivity index (χ0n) is 26.6. The number of rotatable bonds is 9. The average Bonchev–Trinajstić information content (AvgIpc) is 2.98. The van der Waals surface area contributed by atoms with Crippen LogP contribution in [0, 0.1) is 18.3 Å². The van der Waals surface area contributed by atoms with Crippen LogP contribution in [0.1, 0.15) is 107 Å². The smallest absolute Gasteiger partial charge is 0.254 e. The SMILES string of the molecule is CC(=O)c1ccc(C)cc1.CCCC(C)=O.CCCc1ccc2c(c1)C(=O)N(CCc1c[nH][nH]1)C(c1ccc(C#N)cc1)C2. The highest BCUT2D eigenvalue weighted by Gasteiger charge is 2.33. The molecule has 44 heavy (non-hydrogen) atoms. The van der Waals surface area contributed by atoms with Crippen molar-refractivity contribution in [3.63, 3.8) is 0 Å². The molecule has 3 aromatic carbocycles. The Morgan fingerprint density at radius 1 is 0.955 bits per heavy atom. The van der Waals surface area contributed by atoms with Gasteiger partial charge in [-0.1, -0.05) is 74.4 Å². The minimum atomic E-state index is -0.0154. The van der Waals surface area contributed by atoms with Crippen molar-refractivity contribution in [2.75, 3.05) is 6.54 Å². The second kappa shape index (κ2) is 16.8. The van der Waals surface area contributed by atoms with Gasteiger partial charge in [-0.3, -0.25) is 9.59 Å². The van der Waals surface area contributed by atoms with Crippen LogP contribution in [0.2, 0.25) is 0 Å². The van der Waals surface area contributed by atoms with E-state index in [9.17, 15) is 14.4 Å². The highest BCUT2D eigenvalue weighted by Crippen LogP contribution is 2.34. The van der Waals surface area contributed by atoms with Crippen molar-refractivity contribution in [2.45, 2.75) is 79.2 Å². The van der Waals surface area contributed by atoms with E-state index in [4.69, 9.17) is 5.26 Å². The Labute approximate surface area is 261 Å². The third-order valence-corrected chi connectivity index (χ3v) is 7.58. The van der Waals surface area contributed by atoms with Gasteiger partial charge in [0.05, 0.1) is 23.4 Å². The highest BCUT2D eigenvalue weighted by molar-refractivity contribution is 5.97. The van der Waals surface area contributed by atoms with Crippen molar-refractivity contribution in [3.05, 3.63) is 118 Å². The number of aromatic nitrogens is 2. The molecule has 230 valence electrons. The highest BCUT2D eigenvalue weighted by atomic mass is 16.2. The van der Waals surface area contributed by atoms with Gasteiger partial charge >= 0.3 is 0 Å². The molecule has 0 saturated heterocycles. The molecule has 1 unspecified atom stereocenters. The molecule has 0 fully saturated rings. The first kappa shape index (κ1) is 33.8. The van der Waals surface area contributed by atoms with Crippen LogP contribution in [0.25, 0.3) is 0 Å². The summed E-state index contributed by atoms with van der Waals surface area (Å²) in [7, 11) is 0. The molecular formula is C37H44N4O3. The maximum Gasteiger partial charge on any atom is 0.254 e. The molecule has 1 atom stereocenters. The number of amides is 1. The van der Waals surface area contributed by atoms with Gasteiger partial charge in [0.15, 0.2) is 5.78 Å². The fraction of sp³-hybridized carbons (Fsp3) is 0.351. The van der Waals surface area contributed by atoms with Gasteiger partial charge in [0.2, 0.25) is 0 Å². The molecule has 0 bridgehead atoms. The average molecular weight is 593 g/mol. The van der Waals surface area contributed by atoms with E-state index in [-0.39, 0.29) is 23.5 Å². The number of carbonyl (C=O) groups is 3. The Balaban J connectivity index is 0.000000272. The third-order valence-electron chi connectivity index (χ3n) is 7.58. The van der Waals surface area contributed by atoms with Crippen LogP contribution in [0.5, 0.6) is 0 Å². The summed E-state index contributed by atoms with van der Waals surface area (Å²) < 4.78 is 0. The Hall–Kier alpha value is -4.70. The summed E-state index contributed by atoms with van der Waals surface area (Å²) in [6.07, 6.45) is 7.28. The predicted octanol–water partition coefficient (Wildman–Crippen LogP) is 7.72. The van der Waals surface area contributed by atoms with Crippen molar-refractivity contribution in [3.8, 4) is 6.07 Å². The van der Waals surface area contributed by atoms with Gasteiger partial charge in [-0.05, 0) is 74.9 Å². The molecule has 4 aromatic rings. The normalized spacial score (nSPS) is 13.5. The second-order valence-electron chi connectivity index (χ2n) is 11.3. The molecule has 7 nitrogen and oxygen atoms in total. The first-order valence-electron chi connectivity index (χ1n) is 15.4. The number of nitrogens with zero attached hydrogens (tertiary/aromatic N) is 2. The van der Waals surface area contributed by atoms with Crippen LogP contribution < -0.4 is 0 Å². The zero-order chi connectivity index (χ0) is 32.1. The lowest BCUT2D eigenvalue weighted by atomic mass is 9.87. The minimum absolute atomic E-state index is 0.0154. The van der Waals surface area contributed by atoms with Gasteiger partial charge in [-0.25, -0.2) is 0 Å². The lowest BCUT2D eigenvalue weighted by molar-refractivity contribution is -0.117. The maximum atomic E-state index is 13.4. The molecule has 0 saturated carbocycles. The van der Waals surface area contributed by atoms with Crippen LogP contribution in [-0.2, 0) is 24.1 Å². The van der Waals surface area contributed by atoms with E-state index in [2.05, 4.69) is 41.4 Å². The summed E-state index contributed by atoms with van der Waals surface area (Å²) in [5, 5.41) is 15.0. The number of hydrogen-bond acceptors (Lipinski definition) is 4. The Bertz CT molecular complexity index is 1550. The fourth-order valence-electron chi connectivity index (χ4n) is 5.08. The van der Waals surface area contributed by atoms with Crippen LogP contribution in [0.4, 0.5) is 0 Å². The minimum Gasteiger partial charge on any atom is -0.331 e. The molecule has 5 rings (SSSR count). The van der Waals surface area contributed by atoms with E-state index in [1.807, 2.05) is 73.5 Å². The van der Waals surface area contributed by atoms with E-state index in [1.165, 1.54) is 11.1 Å². The number of aryl methyl sites for hydroxylation is 2. The van der Waals surface area contributed by atoms with Crippen molar-refractivity contribution in [2.24, 2.45) is 0 Å². The van der Waals surface area contributed by atoms with Crippen molar-refractivity contribution < 1.29 is 14.4 Å². The topological polar surface area (TPSA) is 110 Å². The van der Waals surface area contributed by atoms with Crippen molar-refractivity contribution >= 4 is 17.5 Å². The van der Waals surface area contributed by atoms with E-state index in [1.54, 1.807) is 13.8 Å². The monoisotopic (exact) mass is 592 g/mol. The lowest BCUT2D eigenvalue weighted by Gasteiger charge is -2.37. The number of carbonyl (C=O) groups excluding carboxylic acids is 3. The molecule has 2 heterocycles. The number of aromatic amines is 2. The van der Waals surface area contributed by atoms with Gasteiger partial charge in [0, 0.05) is 36.7 Å². The van der Waals surface area contributed by atoms with Gasteiger partial charge in [-0.2, -0.15) is 5.26 Å². The largest absolute Gasteiger partial charge is 0.331 e. The number of fused-ring (bicyclic) bond motifs is 1. The molecule has 1 aliphatic heterocycles. The van der Waals surface area contributed by atoms with Crippen LogP contribution in [0.15, 0.2) is 72.9 Å².